The second kappa shape index (κ2) is 10.2. The van der Waals surface area contributed by atoms with E-state index in [0.29, 0.717) is 13.1 Å². The lowest BCUT2D eigenvalue weighted by Gasteiger charge is -2.13. The highest BCUT2D eigenvalue weighted by Crippen LogP contribution is 2.32. The Morgan fingerprint density at radius 1 is 1.00 bits per heavy atom. The van der Waals surface area contributed by atoms with Gasteiger partial charge in [0.05, 0.1) is 6.10 Å². The van der Waals surface area contributed by atoms with Crippen molar-refractivity contribution in [2.45, 2.75) is 33.0 Å². The number of nitrogens with zero attached hydrogens (tertiary/aromatic N) is 1. The van der Waals surface area contributed by atoms with Gasteiger partial charge in [-0.15, -0.1) is 24.0 Å². The fraction of sp³-hybridized carbons (Fsp3) is 0.350. The molecule has 0 bridgehead atoms. The Hall–Kier alpha value is -2.16. The molecule has 0 unspecified atom stereocenters. The lowest BCUT2D eigenvalue weighted by atomic mass is 10.2. The molecule has 2 aromatic carbocycles. The molecule has 3 rings (SSSR count). The van der Waals surface area contributed by atoms with Crippen LogP contribution in [0.1, 0.15) is 25.0 Å². The van der Waals surface area contributed by atoms with Crippen LogP contribution in [0.4, 0.5) is 0 Å². The minimum Gasteiger partial charge on any atom is -0.491 e. The van der Waals surface area contributed by atoms with Gasteiger partial charge in [-0.25, -0.2) is 0 Å². The van der Waals surface area contributed by atoms with Crippen LogP contribution in [0.15, 0.2) is 47.5 Å². The van der Waals surface area contributed by atoms with Crippen molar-refractivity contribution in [2.24, 2.45) is 4.99 Å². The molecule has 146 valence electrons. The van der Waals surface area contributed by atoms with Crippen molar-refractivity contribution in [3.05, 3.63) is 53.6 Å². The molecule has 1 aliphatic rings. The fourth-order valence-corrected chi connectivity index (χ4v) is 2.60. The van der Waals surface area contributed by atoms with Crippen molar-refractivity contribution in [3.63, 3.8) is 0 Å². The van der Waals surface area contributed by atoms with Gasteiger partial charge in [-0.1, -0.05) is 18.2 Å². The molecule has 0 saturated carbocycles. The van der Waals surface area contributed by atoms with E-state index in [0.717, 1.165) is 34.3 Å². The van der Waals surface area contributed by atoms with E-state index in [1.807, 2.05) is 44.2 Å². The third kappa shape index (κ3) is 6.20. The van der Waals surface area contributed by atoms with Gasteiger partial charge in [-0.2, -0.15) is 0 Å². The van der Waals surface area contributed by atoms with Crippen molar-refractivity contribution in [2.75, 3.05) is 13.8 Å². The first-order chi connectivity index (χ1) is 12.6. The summed E-state index contributed by atoms with van der Waals surface area (Å²) in [5.41, 5.74) is 2.26. The molecule has 0 amide bonds. The van der Waals surface area contributed by atoms with Crippen LogP contribution in [0.3, 0.4) is 0 Å². The van der Waals surface area contributed by atoms with Crippen molar-refractivity contribution in [1.82, 2.24) is 10.6 Å². The molecule has 1 aliphatic heterocycles. The molecule has 0 aromatic heterocycles. The van der Waals surface area contributed by atoms with Gasteiger partial charge in [0.25, 0.3) is 0 Å². The normalized spacial score (nSPS) is 12.5. The van der Waals surface area contributed by atoms with Crippen LogP contribution in [0.25, 0.3) is 0 Å². The van der Waals surface area contributed by atoms with Crippen LogP contribution in [0, 0.1) is 0 Å². The lowest BCUT2D eigenvalue weighted by molar-refractivity contribution is 0.174. The molecule has 2 N–H and O–H groups in total. The maximum atomic E-state index is 5.66. The predicted molar refractivity (Wildman–Crippen MR) is 117 cm³/mol. The molecule has 2 aromatic rings. The molecular weight excluding hydrogens is 457 g/mol. The third-order valence-corrected chi connectivity index (χ3v) is 3.88. The van der Waals surface area contributed by atoms with E-state index in [9.17, 15) is 0 Å². The summed E-state index contributed by atoms with van der Waals surface area (Å²) in [4.78, 5) is 4.26. The van der Waals surface area contributed by atoms with Crippen molar-refractivity contribution >= 4 is 29.9 Å². The summed E-state index contributed by atoms with van der Waals surface area (Å²) >= 11 is 0. The topological polar surface area (TPSA) is 64.1 Å². The minimum atomic E-state index is 0. The van der Waals surface area contributed by atoms with Gasteiger partial charge in [0.15, 0.2) is 17.5 Å². The quantitative estimate of drug-likeness (QED) is 0.373. The van der Waals surface area contributed by atoms with E-state index in [2.05, 4.69) is 27.8 Å². The largest absolute Gasteiger partial charge is 0.491 e. The van der Waals surface area contributed by atoms with Gasteiger partial charge in [-0.05, 0) is 49.2 Å². The smallest absolute Gasteiger partial charge is 0.231 e. The monoisotopic (exact) mass is 483 g/mol. The molecular formula is C20H26IN3O3. The molecule has 1 heterocycles. The SMILES string of the molecule is CN=C(NCc1ccc(OC(C)C)cc1)NCc1ccc2c(c1)OCO2.I. The Bertz CT molecular complexity index is 764. The highest BCUT2D eigenvalue weighted by atomic mass is 127. The summed E-state index contributed by atoms with van der Waals surface area (Å²) in [7, 11) is 1.76. The van der Waals surface area contributed by atoms with E-state index in [1.165, 1.54) is 0 Å². The number of halogens is 1. The zero-order valence-corrected chi connectivity index (χ0v) is 18.2. The standard InChI is InChI=1S/C20H25N3O3.HI/c1-14(2)26-17-7-4-15(5-8-17)11-22-20(21-3)23-12-16-6-9-18-19(10-16)25-13-24-18;/h4-10,14H,11-13H2,1-3H3,(H2,21,22,23);1H. The summed E-state index contributed by atoms with van der Waals surface area (Å²) in [6, 6.07) is 14.0. The highest BCUT2D eigenvalue weighted by molar-refractivity contribution is 14.0. The molecule has 0 saturated heterocycles. The van der Waals surface area contributed by atoms with E-state index in [1.54, 1.807) is 7.05 Å². The van der Waals surface area contributed by atoms with E-state index in [4.69, 9.17) is 14.2 Å². The second-order valence-electron chi connectivity index (χ2n) is 6.28. The number of hydrogen-bond donors (Lipinski definition) is 2. The Kier molecular flexibility index (Phi) is 8.02. The van der Waals surface area contributed by atoms with E-state index < -0.39 is 0 Å². The molecule has 6 nitrogen and oxygen atoms in total. The first kappa shape index (κ1) is 21.1. The van der Waals surface area contributed by atoms with Crippen LogP contribution < -0.4 is 24.8 Å². The Labute approximate surface area is 177 Å². The van der Waals surface area contributed by atoms with E-state index >= 15 is 0 Å². The number of aliphatic imine (C=N–C) groups is 1. The van der Waals surface area contributed by atoms with Crippen molar-refractivity contribution < 1.29 is 14.2 Å². The summed E-state index contributed by atoms with van der Waals surface area (Å²) in [5.74, 6) is 3.20. The fourth-order valence-electron chi connectivity index (χ4n) is 2.60. The first-order valence-corrected chi connectivity index (χ1v) is 8.72. The van der Waals surface area contributed by atoms with Crippen LogP contribution in [0.2, 0.25) is 0 Å². The zero-order valence-electron chi connectivity index (χ0n) is 15.8. The van der Waals surface area contributed by atoms with E-state index in [-0.39, 0.29) is 36.9 Å². The molecule has 0 spiro atoms. The average molecular weight is 483 g/mol. The third-order valence-electron chi connectivity index (χ3n) is 3.88. The maximum absolute atomic E-state index is 5.66. The summed E-state index contributed by atoms with van der Waals surface area (Å²) < 4.78 is 16.4. The number of hydrogen-bond acceptors (Lipinski definition) is 4. The minimum absolute atomic E-state index is 0. The number of nitrogens with one attached hydrogen (secondary N) is 2. The molecule has 7 heteroatoms. The van der Waals surface area contributed by atoms with Crippen LogP contribution in [-0.4, -0.2) is 25.9 Å². The first-order valence-electron chi connectivity index (χ1n) is 8.72. The Morgan fingerprint density at radius 2 is 1.63 bits per heavy atom. The predicted octanol–water partition coefficient (Wildman–Crippen LogP) is 3.69. The van der Waals surface area contributed by atoms with Crippen LogP contribution in [0.5, 0.6) is 17.2 Å². The maximum Gasteiger partial charge on any atom is 0.231 e. The zero-order chi connectivity index (χ0) is 18.4. The van der Waals surface area contributed by atoms with Gasteiger partial charge in [0.1, 0.15) is 5.75 Å². The number of guanidine groups is 1. The van der Waals surface area contributed by atoms with Gasteiger partial charge in [0.2, 0.25) is 6.79 Å². The Balaban J connectivity index is 0.00000261. The summed E-state index contributed by atoms with van der Waals surface area (Å²) in [5, 5.41) is 6.61. The average Bonchev–Trinajstić information content (AvgIpc) is 3.10. The van der Waals surface area contributed by atoms with Crippen LogP contribution >= 0.6 is 24.0 Å². The van der Waals surface area contributed by atoms with Gasteiger partial charge < -0.3 is 24.8 Å². The number of benzene rings is 2. The summed E-state index contributed by atoms with van der Waals surface area (Å²) in [6.45, 7) is 5.66. The molecule has 0 atom stereocenters. The molecule has 27 heavy (non-hydrogen) atoms. The Morgan fingerprint density at radius 3 is 2.30 bits per heavy atom. The number of ether oxygens (including phenoxy) is 3. The lowest BCUT2D eigenvalue weighted by Crippen LogP contribution is -2.36. The van der Waals surface area contributed by atoms with Crippen molar-refractivity contribution in [1.29, 1.82) is 0 Å². The van der Waals surface area contributed by atoms with Gasteiger partial charge >= 0.3 is 0 Å². The number of fused-ring (bicyclic) bond motifs is 1. The summed E-state index contributed by atoms with van der Waals surface area (Å²) in [6.07, 6.45) is 0.179. The molecule has 0 radical (unpaired) electrons. The van der Waals surface area contributed by atoms with Gasteiger partial charge in [-0.3, -0.25) is 4.99 Å². The van der Waals surface area contributed by atoms with Gasteiger partial charge in [0, 0.05) is 20.1 Å². The highest BCUT2D eigenvalue weighted by Gasteiger charge is 2.13. The molecule has 0 fully saturated rings. The van der Waals surface area contributed by atoms with Crippen molar-refractivity contribution in [3.8, 4) is 17.2 Å². The number of rotatable bonds is 6. The van der Waals surface area contributed by atoms with Crippen LogP contribution in [-0.2, 0) is 13.1 Å². The molecule has 0 aliphatic carbocycles. The second-order valence-corrected chi connectivity index (χ2v) is 6.28.